The number of carbonyl (C=O) groups excluding carboxylic acids is 2. The minimum Gasteiger partial charge on any atom is -0.383 e. The van der Waals surface area contributed by atoms with Gasteiger partial charge >= 0.3 is 0 Å². The van der Waals surface area contributed by atoms with Crippen LogP contribution in [0.25, 0.3) is 0 Å². The third kappa shape index (κ3) is 5.90. The zero-order valence-corrected chi connectivity index (χ0v) is 15.1. The quantitative estimate of drug-likeness (QED) is 0.691. The van der Waals surface area contributed by atoms with Gasteiger partial charge in [0, 0.05) is 37.9 Å². The summed E-state index contributed by atoms with van der Waals surface area (Å²) in [5, 5.41) is 9.09. The lowest BCUT2D eigenvalue weighted by molar-refractivity contribution is -0.114. The van der Waals surface area contributed by atoms with Gasteiger partial charge in [-0.2, -0.15) is 0 Å². The molecule has 0 unspecified atom stereocenters. The lowest BCUT2D eigenvalue weighted by Gasteiger charge is -2.23. The molecule has 1 heterocycles. The number of hydrogen-bond acceptors (Lipinski definition) is 4. The molecule has 0 bridgehead atoms. The average Bonchev–Trinajstić information content (AvgIpc) is 2.60. The van der Waals surface area contributed by atoms with Crippen LogP contribution in [0.2, 0.25) is 0 Å². The molecule has 1 aliphatic heterocycles. The average molecular weight is 345 g/mol. The molecule has 1 aromatic carbocycles. The van der Waals surface area contributed by atoms with Crippen LogP contribution in [0.3, 0.4) is 0 Å². The number of nitrogens with one attached hydrogen (secondary N) is 3. The highest BCUT2D eigenvalue weighted by atomic mass is 16.5. The maximum absolute atomic E-state index is 12.2. The van der Waals surface area contributed by atoms with Crippen LogP contribution in [-0.2, 0) is 14.3 Å². The summed E-state index contributed by atoms with van der Waals surface area (Å²) in [5.74, 6) is 0.256. The van der Waals surface area contributed by atoms with Gasteiger partial charge in [-0.3, -0.25) is 9.59 Å². The van der Waals surface area contributed by atoms with E-state index in [-0.39, 0.29) is 11.8 Å². The molecular weight excluding hydrogens is 318 g/mol. The first-order valence-electron chi connectivity index (χ1n) is 8.67. The van der Waals surface area contributed by atoms with Crippen molar-refractivity contribution >= 4 is 28.9 Å². The van der Waals surface area contributed by atoms with Gasteiger partial charge in [-0.1, -0.05) is 6.08 Å². The Balaban J connectivity index is 2.14. The van der Waals surface area contributed by atoms with Gasteiger partial charge in [-0.05, 0) is 50.8 Å². The molecule has 0 atom stereocenters. The molecule has 0 aromatic heterocycles. The number of amides is 2. The van der Waals surface area contributed by atoms with Gasteiger partial charge in [0.1, 0.15) is 0 Å². The first-order chi connectivity index (χ1) is 12.0. The van der Waals surface area contributed by atoms with Crippen LogP contribution in [0.5, 0.6) is 0 Å². The molecule has 3 N–H and O–H groups in total. The molecule has 1 aromatic rings. The molecule has 6 nitrogen and oxygen atoms in total. The molecule has 0 spiro atoms. The fourth-order valence-electron chi connectivity index (χ4n) is 2.64. The lowest BCUT2D eigenvalue weighted by Crippen LogP contribution is -2.23. The molecule has 0 radical (unpaired) electrons. The van der Waals surface area contributed by atoms with E-state index in [1.54, 1.807) is 19.1 Å². The van der Waals surface area contributed by atoms with Crippen LogP contribution >= 0.6 is 0 Å². The first kappa shape index (κ1) is 19.0. The Hall–Kier alpha value is -2.34. The normalized spacial score (nSPS) is 15.6. The minimum absolute atomic E-state index is 0.148. The number of rotatable bonds is 6. The molecule has 2 amide bonds. The summed E-state index contributed by atoms with van der Waals surface area (Å²) in [6, 6.07) is 5.48. The number of carbonyl (C=O) groups is 2. The van der Waals surface area contributed by atoms with Gasteiger partial charge in [0.2, 0.25) is 5.91 Å². The molecule has 25 heavy (non-hydrogen) atoms. The standard InChI is InChI=1S/C19H27N3O3/c1-4-13(2)19(24)22-18-11-16(21-14(3)23)5-6-17(18)20-12-15-7-9-25-10-8-15/h4-6,11,15,20H,7-10,12H2,1-3H3,(H,21,23)(H,22,24)/b13-4+. The Morgan fingerprint density at radius 2 is 1.88 bits per heavy atom. The molecule has 6 heteroatoms. The zero-order valence-electron chi connectivity index (χ0n) is 15.1. The second-order valence-electron chi connectivity index (χ2n) is 6.30. The smallest absolute Gasteiger partial charge is 0.251 e. The monoisotopic (exact) mass is 345 g/mol. The van der Waals surface area contributed by atoms with E-state index in [1.807, 2.05) is 19.1 Å². The van der Waals surface area contributed by atoms with Crippen LogP contribution in [0, 0.1) is 5.92 Å². The van der Waals surface area contributed by atoms with Gasteiger partial charge in [0.25, 0.3) is 5.91 Å². The molecule has 0 aliphatic carbocycles. The summed E-state index contributed by atoms with van der Waals surface area (Å²) in [6.07, 6.45) is 3.84. The van der Waals surface area contributed by atoms with Gasteiger partial charge < -0.3 is 20.7 Å². The van der Waals surface area contributed by atoms with E-state index in [9.17, 15) is 9.59 Å². The van der Waals surface area contributed by atoms with Crippen molar-refractivity contribution in [1.29, 1.82) is 0 Å². The van der Waals surface area contributed by atoms with E-state index < -0.39 is 0 Å². The number of anilines is 3. The van der Waals surface area contributed by atoms with E-state index in [0.717, 1.165) is 38.3 Å². The number of hydrogen-bond donors (Lipinski definition) is 3. The Bertz CT molecular complexity index is 649. The Morgan fingerprint density at radius 1 is 1.16 bits per heavy atom. The number of allylic oxidation sites excluding steroid dienone is 1. The lowest BCUT2D eigenvalue weighted by atomic mass is 10.0. The molecule has 1 aliphatic rings. The van der Waals surface area contributed by atoms with Gasteiger partial charge in [-0.15, -0.1) is 0 Å². The van der Waals surface area contributed by atoms with E-state index in [4.69, 9.17) is 4.74 Å². The molecular formula is C19H27N3O3. The third-order valence-electron chi connectivity index (χ3n) is 4.30. The summed E-state index contributed by atoms with van der Waals surface area (Å²) < 4.78 is 5.39. The van der Waals surface area contributed by atoms with Crippen LogP contribution in [0.4, 0.5) is 17.1 Å². The summed E-state index contributed by atoms with van der Waals surface area (Å²) >= 11 is 0. The van der Waals surface area contributed by atoms with E-state index >= 15 is 0 Å². The molecule has 2 rings (SSSR count). The van der Waals surface area contributed by atoms with Crippen molar-refractivity contribution in [1.82, 2.24) is 0 Å². The van der Waals surface area contributed by atoms with E-state index in [2.05, 4.69) is 16.0 Å². The summed E-state index contributed by atoms with van der Waals surface area (Å²) in [6.45, 7) is 7.48. The predicted molar refractivity (Wildman–Crippen MR) is 101 cm³/mol. The van der Waals surface area contributed by atoms with Gasteiger partial charge in [-0.25, -0.2) is 0 Å². The molecule has 0 saturated carbocycles. The molecule has 1 fully saturated rings. The summed E-state index contributed by atoms with van der Waals surface area (Å²) in [7, 11) is 0. The predicted octanol–water partition coefficient (Wildman–Crippen LogP) is 3.39. The maximum atomic E-state index is 12.2. The van der Waals surface area contributed by atoms with Gasteiger partial charge in [0.15, 0.2) is 0 Å². The molecule has 136 valence electrons. The second kappa shape index (κ2) is 9.22. The van der Waals surface area contributed by atoms with Crippen LogP contribution in [-0.4, -0.2) is 31.6 Å². The highest BCUT2D eigenvalue weighted by molar-refractivity contribution is 6.05. The minimum atomic E-state index is -0.156. The third-order valence-corrected chi connectivity index (χ3v) is 4.30. The largest absolute Gasteiger partial charge is 0.383 e. The Morgan fingerprint density at radius 3 is 2.52 bits per heavy atom. The summed E-state index contributed by atoms with van der Waals surface area (Å²) in [5.41, 5.74) is 2.79. The highest BCUT2D eigenvalue weighted by Gasteiger charge is 2.15. The van der Waals surface area contributed by atoms with Crippen molar-refractivity contribution in [2.24, 2.45) is 5.92 Å². The van der Waals surface area contributed by atoms with E-state index in [1.165, 1.54) is 6.92 Å². The second-order valence-corrected chi connectivity index (χ2v) is 6.30. The maximum Gasteiger partial charge on any atom is 0.251 e. The van der Waals surface area contributed by atoms with Gasteiger partial charge in [0.05, 0.1) is 11.4 Å². The van der Waals surface area contributed by atoms with Crippen molar-refractivity contribution in [3.8, 4) is 0 Å². The van der Waals surface area contributed by atoms with Crippen molar-refractivity contribution in [3.63, 3.8) is 0 Å². The fourth-order valence-corrected chi connectivity index (χ4v) is 2.64. The first-order valence-corrected chi connectivity index (χ1v) is 8.67. The van der Waals surface area contributed by atoms with Crippen LogP contribution < -0.4 is 16.0 Å². The van der Waals surface area contributed by atoms with Crippen molar-refractivity contribution < 1.29 is 14.3 Å². The summed E-state index contributed by atoms with van der Waals surface area (Å²) in [4.78, 5) is 23.5. The SMILES string of the molecule is C/C=C(\C)C(=O)Nc1cc(NC(C)=O)ccc1NCC1CCOCC1. The topological polar surface area (TPSA) is 79.5 Å². The number of benzene rings is 1. The van der Waals surface area contributed by atoms with Crippen LogP contribution in [0.1, 0.15) is 33.6 Å². The Kier molecular flexibility index (Phi) is 7.01. The highest BCUT2D eigenvalue weighted by Crippen LogP contribution is 2.27. The van der Waals surface area contributed by atoms with Crippen molar-refractivity contribution in [3.05, 3.63) is 29.8 Å². The van der Waals surface area contributed by atoms with Crippen molar-refractivity contribution in [2.45, 2.75) is 33.6 Å². The zero-order chi connectivity index (χ0) is 18.2. The van der Waals surface area contributed by atoms with Crippen LogP contribution in [0.15, 0.2) is 29.8 Å². The Labute approximate surface area is 149 Å². The number of ether oxygens (including phenoxy) is 1. The van der Waals surface area contributed by atoms with E-state index in [0.29, 0.717) is 22.9 Å². The molecule has 1 saturated heterocycles. The fraction of sp³-hybridized carbons (Fsp3) is 0.474. The van der Waals surface area contributed by atoms with Crippen molar-refractivity contribution in [2.75, 3.05) is 35.7 Å².